The van der Waals surface area contributed by atoms with Crippen molar-refractivity contribution in [3.05, 3.63) is 52.2 Å². The van der Waals surface area contributed by atoms with Crippen molar-refractivity contribution in [2.24, 2.45) is 5.92 Å². The Hall–Kier alpha value is -2.59. The molecule has 0 saturated carbocycles. The van der Waals surface area contributed by atoms with Crippen molar-refractivity contribution < 1.29 is 33.0 Å². The van der Waals surface area contributed by atoms with Crippen LogP contribution in [0.15, 0.2) is 41.8 Å². The molecule has 1 aromatic carbocycles. The number of aliphatic hydroxyl groups is 1. The summed E-state index contributed by atoms with van der Waals surface area (Å²) in [5, 5.41) is 24.2. The van der Waals surface area contributed by atoms with Crippen molar-refractivity contribution in [2.45, 2.75) is 17.9 Å². The SMILES string of the molecule is CN1C(=O)N[C@H](c2cccc(O)c2)[C@H](C(=O)c2cccs2)[C@]1(O)C(F)(F)F. The first-order chi connectivity index (χ1) is 12.6. The Labute approximate surface area is 155 Å². The van der Waals surface area contributed by atoms with Crippen molar-refractivity contribution in [1.82, 2.24) is 10.2 Å². The molecule has 144 valence electrons. The number of carbonyl (C=O) groups is 2. The molecular weight excluding hydrogens is 385 g/mol. The maximum atomic E-state index is 13.9. The number of carbonyl (C=O) groups excluding carboxylic acids is 2. The molecule has 0 bridgehead atoms. The Balaban J connectivity index is 2.21. The number of nitrogens with one attached hydrogen (secondary N) is 1. The number of aromatic hydroxyl groups is 1. The normalized spacial score (nSPS) is 26.0. The van der Waals surface area contributed by atoms with Crippen molar-refractivity contribution in [2.75, 3.05) is 7.05 Å². The van der Waals surface area contributed by atoms with Crippen LogP contribution in [0.2, 0.25) is 0 Å². The zero-order valence-electron chi connectivity index (χ0n) is 13.9. The van der Waals surface area contributed by atoms with Gasteiger partial charge in [-0.25, -0.2) is 4.79 Å². The predicted molar refractivity (Wildman–Crippen MR) is 90.3 cm³/mol. The second-order valence-corrected chi connectivity index (χ2v) is 7.07. The molecule has 1 fully saturated rings. The Bertz CT molecular complexity index is 871. The number of thiophene rings is 1. The van der Waals surface area contributed by atoms with E-state index in [2.05, 4.69) is 5.32 Å². The molecule has 2 aromatic rings. The van der Waals surface area contributed by atoms with Gasteiger partial charge in [-0.2, -0.15) is 13.2 Å². The second-order valence-electron chi connectivity index (χ2n) is 6.12. The van der Waals surface area contributed by atoms with E-state index in [1.165, 1.54) is 35.7 Å². The number of benzene rings is 1. The molecule has 1 saturated heterocycles. The number of hydrogen-bond donors (Lipinski definition) is 3. The largest absolute Gasteiger partial charge is 0.508 e. The number of Topliss-reactive ketones (excluding diaryl/α,β-unsaturated/α-hetero) is 1. The third kappa shape index (κ3) is 3.04. The zero-order chi connectivity index (χ0) is 20.0. The molecule has 0 radical (unpaired) electrons. The standard InChI is InChI=1S/C17H15F3N2O4S/c1-22-15(25)21-13(9-4-2-5-10(23)8-9)12(16(22,26)17(18,19)20)14(24)11-6-3-7-27-11/h2-8,12-13,23,26H,1H3,(H,21,25)/t12-,13-,16+/m1/s1. The van der Waals surface area contributed by atoms with Crippen LogP contribution in [-0.2, 0) is 0 Å². The summed E-state index contributed by atoms with van der Waals surface area (Å²) in [6.07, 6.45) is -5.30. The Morgan fingerprint density at radius 3 is 2.56 bits per heavy atom. The molecule has 2 amide bonds. The number of phenolic OH excluding ortho intramolecular Hbond substituents is 1. The quantitative estimate of drug-likeness (QED) is 0.691. The maximum Gasteiger partial charge on any atom is 0.437 e. The van der Waals surface area contributed by atoms with E-state index in [1.54, 1.807) is 0 Å². The van der Waals surface area contributed by atoms with Gasteiger partial charge in [-0.3, -0.25) is 9.69 Å². The molecule has 3 rings (SSSR count). The molecule has 6 nitrogen and oxygen atoms in total. The summed E-state index contributed by atoms with van der Waals surface area (Å²) in [4.78, 5) is 25.2. The van der Waals surface area contributed by atoms with Gasteiger partial charge in [-0.15, -0.1) is 11.3 Å². The third-order valence-corrected chi connectivity index (χ3v) is 5.44. The average molecular weight is 400 g/mol. The predicted octanol–water partition coefficient (Wildman–Crippen LogP) is 2.90. The number of phenols is 1. The maximum absolute atomic E-state index is 13.9. The summed E-state index contributed by atoms with van der Waals surface area (Å²) in [5.74, 6) is -3.30. The molecule has 1 aromatic heterocycles. The monoisotopic (exact) mass is 400 g/mol. The van der Waals surface area contributed by atoms with Crippen LogP contribution in [0.5, 0.6) is 5.75 Å². The smallest absolute Gasteiger partial charge is 0.437 e. The summed E-state index contributed by atoms with van der Waals surface area (Å²) in [6.45, 7) is 0. The number of nitrogens with zero attached hydrogens (tertiary/aromatic N) is 1. The topological polar surface area (TPSA) is 89.9 Å². The minimum absolute atomic E-state index is 0.0115. The van der Waals surface area contributed by atoms with Gasteiger partial charge in [0, 0.05) is 7.05 Å². The molecule has 0 spiro atoms. The summed E-state index contributed by atoms with van der Waals surface area (Å²) in [5.41, 5.74) is -3.67. The van der Waals surface area contributed by atoms with Gasteiger partial charge < -0.3 is 15.5 Å². The molecule has 0 unspecified atom stereocenters. The molecule has 0 aliphatic carbocycles. The molecule has 1 aliphatic rings. The lowest BCUT2D eigenvalue weighted by atomic mass is 9.78. The third-order valence-electron chi connectivity index (χ3n) is 4.56. The van der Waals surface area contributed by atoms with Gasteiger partial charge in [-0.05, 0) is 29.1 Å². The minimum atomic E-state index is -5.30. The number of halogens is 3. The van der Waals surface area contributed by atoms with E-state index >= 15 is 0 Å². The van der Waals surface area contributed by atoms with Gasteiger partial charge in [0.05, 0.1) is 10.9 Å². The van der Waals surface area contributed by atoms with Gasteiger partial charge in [0.25, 0.3) is 5.72 Å². The Morgan fingerprint density at radius 2 is 2.00 bits per heavy atom. The summed E-state index contributed by atoms with van der Waals surface area (Å²) in [7, 11) is 0.774. The number of ketones is 1. The van der Waals surface area contributed by atoms with Crippen molar-refractivity contribution in [1.29, 1.82) is 0 Å². The van der Waals surface area contributed by atoms with E-state index in [4.69, 9.17) is 0 Å². The Morgan fingerprint density at radius 1 is 1.30 bits per heavy atom. The minimum Gasteiger partial charge on any atom is -0.508 e. The fourth-order valence-electron chi connectivity index (χ4n) is 3.18. The van der Waals surface area contributed by atoms with Crippen LogP contribution in [0.25, 0.3) is 0 Å². The van der Waals surface area contributed by atoms with E-state index < -0.39 is 35.7 Å². The molecule has 27 heavy (non-hydrogen) atoms. The van der Waals surface area contributed by atoms with Crippen LogP contribution < -0.4 is 5.32 Å². The van der Waals surface area contributed by atoms with E-state index in [0.29, 0.717) is 0 Å². The lowest BCUT2D eigenvalue weighted by molar-refractivity contribution is -0.322. The van der Waals surface area contributed by atoms with Crippen LogP contribution in [0, 0.1) is 5.92 Å². The van der Waals surface area contributed by atoms with Crippen molar-refractivity contribution in [3.8, 4) is 5.75 Å². The highest BCUT2D eigenvalue weighted by atomic mass is 32.1. The zero-order valence-corrected chi connectivity index (χ0v) is 14.7. The van der Waals surface area contributed by atoms with Gasteiger partial charge in [0.15, 0.2) is 5.78 Å². The van der Waals surface area contributed by atoms with E-state index in [1.807, 2.05) is 0 Å². The number of urea groups is 1. The fraction of sp³-hybridized carbons (Fsp3) is 0.294. The van der Waals surface area contributed by atoms with Crippen LogP contribution in [0.4, 0.5) is 18.0 Å². The first kappa shape index (κ1) is 19.2. The molecule has 3 N–H and O–H groups in total. The lowest BCUT2D eigenvalue weighted by Gasteiger charge is -2.49. The van der Waals surface area contributed by atoms with Gasteiger partial charge >= 0.3 is 12.2 Å². The molecular formula is C17H15F3N2O4S. The first-order valence-corrected chi connectivity index (χ1v) is 8.65. The van der Waals surface area contributed by atoms with E-state index in [-0.39, 0.29) is 21.1 Å². The second kappa shape index (κ2) is 6.54. The molecule has 1 aliphatic heterocycles. The summed E-state index contributed by atoms with van der Waals surface area (Å²) in [6, 6.07) is 5.32. The molecule has 2 heterocycles. The van der Waals surface area contributed by atoms with Gasteiger partial charge in [-0.1, -0.05) is 18.2 Å². The molecule has 3 atom stereocenters. The van der Waals surface area contributed by atoms with Gasteiger partial charge in [0.1, 0.15) is 11.7 Å². The number of rotatable bonds is 3. The summed E-state index contributed by atoms with van der Waals surface area (Å²) >= 11 is 0.930. The fourth-order valence-corrected chi connectivity index (χ4v) is 3.88. The highest BCUT2D eigenvalue weighted by molar-refractivity contribution is 7.12. The van der Waals surface area contributed by atoms with Crippen molar-refractivity contribution >= 4 is 23.2 Å². The van der Waals surface area contributed by atoms with E-state index in [9.17, 15) is 33.0 Å². The highest BCUT2D eigenvalue weighted by Gasteiger charge is 2.69. The number of amides is 2. The van der Waals surface area contributed by atoms with E-state index in [0.717, 1.165) is 24.5 Å². The lowest BCUT2D eigenvalue weighted by Crippen LogP contribution is -2.72. The summed E-state index contributed by atoms with van der Waals surface area (Å²) < 4.78 is 41.7. The first-order valence-electron chi connectivity index (χ1n) is 7.77. The average Bonchev–Trinajstić information content (AvgIpc) is 3.12. The van der Waals surface area contributed by atoms with Crippen LogP contribution in [0.3, 0.4) is 0 Å². The highest BCUT2D eigenvalue weighted by Crippen LogP contribution is 2.48. The van der Waals surface area contributed by atoms with Crippen LogP contribution in [-0.4, -0.2) is 45.9 Å². The number of hydrogen-bond acceptors (Lipinski definition) is 5. The Kier molecular flexibility index (Phi) is 4.64. The molecule has 10 heteroatoms. The van der Waals surface area contributed by atoms with Crippen LogP contribution in [0.1, 0.15) is 21.3 Å². The van der Waals surface area contributed by atoms with Crippen molar-refractivity contribution in [3.63, 3.8) is 0 Å². The van der Waals surface area contributed by atoms with Gasteiger partial charge in [0.2, 0.25) is 0 Å². The van der Waals surface area contributed by atoms with Crippen LogP contribution >= 0.6 is 11.3 Å². The number of alkyl halides is 3.